The van der Waals surface area contributed by atoms with Gasteiger partial charge < -0.3 is 64.6 Å². The minimum atomic E-state index is -1.97. The Bertz CT molecular complexity index is 1420. The molecule has 0 unspecified atom stereocenters. The summed E-state index contributed by atoms with van der Waals surface area (Å²) >= 11 is 0. The van der Waals surface area contributed by atoms with Crippen molar-refractivity contribution >= 4 is 21.9 Å². The van der Waals surface area contributed by atoms with Gasteiger partial charge in [0, 0.05) is 6.07 Å². The minimum absolute atomic E-state index is 0.0703. The first-order valence-electron chi connectivity index (χ1n) is 11.6. The first kappa shape index (κ1) is 26.6. The third-order valence-electron chi connectivity index (χ3n) is 6.94. The van der Waals surface area contributed by atoms with Crippen LogP contribution in [0.1, 0.15) is 11.7 Å². The molecule has 14 nitrogen and oxygen atoms in total. The van der Waals surface area contributed by atoms with E-state index in [-0.39, 0.29) is 22.3 Å². The Hall–Kier alpha value is -3.05. The monoisotopic (exact) mass is 538 g/mol. The zero-order valence-electron chi connectivity index (χ0n) is 19.5. The molecule has 0 bridgehead atoms. The number of ether oxygens (including phenoxy) is 3. The quantitative estimate of drug-likeness (QED) is 0.160. The van der Waals surface area contributed by atoms with Crippen molar-refractivity contribution in [2.24, 2.45) is 0 Å². The van der Waals surface area contributed by atoms with Crippen LogP contribution in [0, 0.1) is 0 Å². The van der Waals surface area contributed by atoms with Crippen molar-refractivity contribution in [2.75, 3.05) is 19.8 Å². The van der Waals surface area contributed by atoms with Gasteiger partial charge in [0.05, 0.1) is 30.8 Å². The second kappa shape index (κ2) is 9.60. The van der Waals surface area contributed by atoms with Crippen molar-refractivity contribution in [2.45, 2.75) is 48.5 Å². The smallest absolute Gasteiger partial charge is 0.204 e. The molecule has 9 N–H and O–H groups in total. The minimum Gasteiger partial charge on any atom is -0.508 e. The maximum absolute atomic E-state index is 13.1. The number of rotatable bonds is 5. The summed E-state index contributed by atoms with van der Waals surface area (Å²) in [7, 11) is 0. The number of aliphatic hydroxyl groups excluding tert-OH is 5. The molecule has 14 heteroatoms. The summed E-state index contributed by atoms with van der Waals surface area (Å²) in [5, 5.41) is 92.0. The van der Waals surface area contributed by atoms with E-state index in [1.54, 1.807) is 0 Å². The van der Waals surface area contributed by atoms with Crippen LogP contribution >= 0.6 is 0 Å². The topological polar surface area (TPSA) is 240 Å². The molecule has 8 atom stereocenters. The Labute approximate surface area is 212 Å². The van der Waals surface area contributed by atoms with E-state index >= 15 is 0 Å². The number of hydrogen-bond donors (Lipinski definition) is 9. The third-order valence-corrected chi connectivity index (χ3v) is 6.94. The Morgan fingerprint density at radius 3 is 2.42 bits per heavy atom. The van der Waals surface area contributed by atoms with E-state index in [2.05, 4.69) is 0 Å². The third kappa shape index (κ3) is 4.16. The molecule has 0 aliphatic carbocycles. The van der Waals surface area contributed by atoms with Gasteiger partial charge in [-0.3, -0.25) is 4.79 Å². The molecule has 5 rings (SSSR count). The molecule has 2 fully saturated rings. The van der Waals surface area contributed by atoms with Crippen LogP contribution < -0.4 is 5.43 Å². The first-order chi connectivity index (χ1) is 18.0. The van der Waals surface area contributed by atoms with E-state index in [0.717, 1.165) is 12.1 Å². The van der Waals surface area contributed by atoms with Crippen LogP contribution in [-0.2, 0) is 14.2 Å². The Morgan fingerprint density at radius 1 is 1.00 bits per heavy atom. The lowest BCUT2D eigenvalue weighted by molar-refractivity contribution is -0.253. The van der Waals surface area contributed by atoms with Gasteiger partial charge in [0.2, 0.25) is 5.43 Å². The van der Waals surface area contributed by atoms with Gasteiger partial charge in [0.25, 0.3) is 0 Å². The number of aromatic hydroxyl groups is 3. The average Bonchev–Trinajstić information content (AvgIpc) is 3.17. The van der Waals surface area contributed by atoms with Crippen molar-refractivity contribution in [3.63, 3.8) is 0 Å². The summed E-state index contributed by atoms with van der Waals surface area (Å²) in [6, 6.07) is 4.75. The molecule has 2 aliphatic rings. The molecule has 38 heavy (non-hydrogen) atoms. The highest BCUT2D eigenvalue weighted by atomic mass is 16.7. The van der Waals surface area contributed by atoms with Crippen molar-refractivity contribution in [1.82, 2.24) is 0 Å². The lowest BCUT2D eigenvalue weighted by Gasteiger charge is -2.41. The average molecular weight is 538 g/mol. The molecule has 0 saturated carbocycles. The fourth-order valence-corrected chi connectivity index (χ4v) is 4.72. The Kier molecular flexibility index (Phi) is 6.71. The van der Waals surface area contributed by atoms with E-state index in [4.69, 9.17) is 18.6 Å². The lowest BCUT2D eigenvalue weighted by Crippen LogP contribution is -2.56. The summed E-state index contributed by atoms with van der Waals surface area (Å²) in [6.07, 6.45) is -11.7. The molecular weight excluding hydrogens is 512 g/mol. The second-order valence-electron chi connectivity index (χ2n) is 9.43. The molecule has 2 aromatic carbocycles. The van der Waals surface area contributed by atoms with Crippen LogP contribution in [0.3, 0.4) is 0 Å². The summed E-state index contributed by atoms with van der Waals surface area (Å²) < 4.78 is 21.7. The normalized spacial score (nSPS) is 33.8. The highest BCUT2D eigenvalue weighted by Crippen LogP contribution is 2.45. The highest BCUT2D eigenvalue weighted by molar-refractivity contribution is 5.95. The fourth-order valence-electron chi connectivity index (χ4n) is 4.72. The van der Waals surface area contributed by atoms with E-state index in [9.17, 15) is 50.8 Å². The predicted octanol–water partition coefficient (Wildman–Crippen LogP) is -1.96. The molecule has 3 heterocycles. The summed E-state index contributed by atoms with van der Waals surface area (Å²) in [4.78, 5) is 13.1. The Balaban J connectivity index is 1.49. The maximum Gasteiger partial charge on any atom is 0.204 e. The van der Waals surface area contributed by atoms with Gasteiger partial charge in [-0.1, -0.05) is 0 Å². The lowest BCUT2D eigenvalue weighted by atomic mass is 9.89. The molecular formula is C24H26O14. The molecule has 206 valence electrons. The molecule has 2 aliphatic heterocycles. The standard InChI is InChI=1S/C24H26O14/c25-6-24(34)7-36-23(22(24)33)35-5-13-17(29)19(31)20(32)21(38-13)14-10(27)4-12-15(18(14)30)16(28)9-3-8(26)1-2-11(9)37-12/h1-4,13,17,19-23,25-27,29-34H,5-7H2/t13-,17-,19+,20-,21+,22+,23-,24-/m0/s1. The number of hydrogen-bond acceptors (Lipinski definition) is 14. The van der Waals surface area contributed by atoms with E-state index < -0.39 is 96.2 Å². The number of fused-ring (bicyclic) bond motifs is 2. The van der Waals surface area contributed by atoms with Gasteiger partial charge in [-0.05, 0) is 18.2 Å². The van der Waals surface area contributed by atoms with Gasteiger partial charge in [-0.2, -0.15) is 0 Å². The van der Waals surface area contributed by atoms with Crippen LogP contribution in [0.15, 0.2) is 33.5 Å². The zero-order valence-corrected chi connectivity index (χ0v) is 19.5. The highest BCUT2D eigenvalue weighted by Gasteiger charge is 2.50. The van der Waals surface area contributed by atoms with Crippen molar-refractivity contribution in [3.05, 3.63) is 40.1 Å². The first-order valence-corrected chi connectivity index (χ1v) is 11.6. The van der Waals surface area contributed by atoms with Crippen molar-refractivity contribution < 1.29 is 64.6 Å². The van der Waals surface area contributed by atoms with E-state index in [1.165, 1.54) is 12.1 Å². The summed E-state index contributed by atoms with van der Waals surface area (Å²) in [5.74, 6) is -1.72. The van der Waals surface area contributed by atoms with Crippen molar-refractivity contribution in [1.29, 1.82) is 0 Å². The van der Waals surface area contributed by atoms with Gasteiger partial charge >= 0.3 is 0 Å². The number of benzene rings is 2. The molecule has 0 spiro atoms. The van der Waals surface area contributed by atoms with Gasteiger partial charge in [0.15, 0.2) is 6.29 Å². The fraction of sp³-hybridized carbons (Fsp3) is 0.458. The van der Waals surface area contributed by atoms with Crippen LogP contribution in [0.4, 0.5) is 0 Å². The van der Waals surface area contributed by atoms with Crippen molar-refractivity contribution in [3.8, 4) is 17.2 Å². The zero-order chi connectivity index (χ0) is 27.5. The van der Waals surface area contributed by atoms with E-state index in [0.29, 0.717) is 0 Å². The van der Waals surface area contributed by atoms with Gasteiger partial charge in [0.1, 0.15) is 76.0 Å². The van der Waals surface area contributed by atoms with Crippen LogP contribution in [-0.4, -0.2) is 108 Å². The summed E-state index contributed by atoms with van der Waals surface area (Å²) in [5.41, 5.74) is -3.35. The Morgan fingerprint density at radius 2 is 1.74 bits per heavy atom. The SMILES string of the molecule is O=c1c2cc(O)ccc2oc2cc(O)c([C@H]3O[C@@H](CO[C@H]4OC[C@@](O)(CO)[C@@H]4O)[C@H](O)[C@@H](O)[C@@H]3O)c(O)c12. The van der Waals surface area contributed by atoms with E-state index in [1.807, 2.05) is 0 Å². The molecule has 2 saturated heterocycles. The van der Waals surface area contributed by atoms with Gasteiger partial charge in [-0.15, -0.1) is 0 Å². The summed E-state index contributed by atoms with van der Waals surface area (Å²) in [6.45, 7) is -1.82. The predicted molar refractivity (Wildman–Crippen MR) is 124 cm³/mol. The second-order valence-corrected chi connectivity index (χ2v) is 9.43. The largest absolute Gasteiger partial charge is 0.508 e. The molecule has 0 amide bonds. The number of phenolic OH excluding ortho intramolecular Hbond substituents is 3. The van der Waals surface area contributed by atoms with Gasteiger partial charge in [-0.25, -0.2) is 0 Å². The molecule has 3 aromatic rings. The van der Waals surface area contributed by atoms with Crippen LogP contribution in [0.5, 0.6) is 17.2 Å². The van der Waals surface area contributed by atoms with Crippen LogP contribution in [0.25, 0.3) is 21.9 Å². The van der Waals surface area contributed by atoms with Crippen LogP contribution in [0.2, 0.25) is 0 Å². The molecule has 1 aromatic heterocycles. The number of phenols is 3. The molecule has 0 radical (unpaired) electrons. The maximum atomic E-state index is 13.1. The number of aliphatic hydroxyl groups is 6.